The summed E-state index contributed by atoms with van der Waals surface area (Å²) in [5.74, 6) is 0. The molecule has 0 aliphatic carbocycles. The highest BCUT2D eigenvalue weighted by Gasteiger charge is 1.94. The molecular formula is C8H9N2+. The molecule has 1 aliphatic rings. The Bertz CT molecular complexity index is 306. The van der Waals surface area contributed by atoms with Crippen LogP contribution in [0.15, 0.2) is 18.3 Å². The molecule has 2 rings (SSSR count). The van der Waals surface area contributed by atoms with E-state index in [-0.39, 0.29) is 0 Å². The summed E-state index contributed by atoms with van der Waals surface area (Å²) in [7, 11) is 0. The first-order valence-corrected chi connectivity index (χ1v) is 3.37. The minimum absolute atomic E-state index is 0.924. The monoisotopic (exact) mass is 133 g/mol. The third kappa shape index (κ3) is 0.778. The van der Waals surface area contributed by atoms with Crippen LogP contribution in [0.1, 0.15) is 0 Å². The highest BCUT2D eigenvalue weighted by molar-refractivity contribution is 5.32. The van der Waals surface area contributed by atoms with Gasteiger partial charge >= 0.3 is 0 Å². The van der Waals surface area contributed by atoms with Gasteiger partial charge in [-0.3, -0.25) is 0 Å². The Morgan fingerprint density at radius 1 is 1.50 bits per heavy atom. The minimum atomic E-state index is 0.924. The van der Waals surface area contributed by atoms with Crippen molar-refractivity contribution in [3.05, 3.63) is 28.9 Å². The summed E-state index contributed by atoms with van der Waals surface area (Å²) in [4.78, 5) is 3.16. The smallest absolute Gasteiger partial charge is 0.209 e. The van der Waals surface area contributed by atoms with Crippen molar-refractivity contribution in [3.63, 3.8) is 0 Å². The molecule has 0 bridgehead atoms. The molecule has 2 heteroatoms. The number of nitrogens with one attached hydrogen (secondary N) is 2. The molecule has 0 saturated heterocycles. The Kier molecular flexibility index (Phi) is 1.17. The fraction of sp³-hybridized carbons (Fsp3) is 0.125. The van der Waals surface area contributed by atoms with Gasteiger partial charge in [0.05, 0.1) is 5.22 Å². The van der Waals surface area contributed by atoms with Gasteiger partial charge in [0.1, 0.15) is 0 Å². The zero-order valence-corrected chi connectivity index (χ0v) is 5.59. The lowest BCUT2D eigenvalue weighted by molar-refractivity contribution is -0.396. The fourth-order valence-electron chi connectivity index (χ4n) is 1.10. The molecule has 0 spiro atoms. The van der Waals surface area contributed by atoms with Crippen LogP contribution < -0.4 is 20.9 Å². The van der Waals surface area contributed by atoms with E-state index in [9.17, 15) is 0 Å². The van der Waals surface area contributed by atoms with Crippen molar-refractivity contribution < 1.29 is 4.98 Å². The number of hydrogen-bond acceptors (Lipinski definition) is 1. The molecule has 1 aliphatic heterocycles. The van der Waals surface area contributed by atoms with E-state index in [1.54, 1.807) is 0 Å². The molecule has 0 aromatic carbocycles. The van der Waals surface area contributed by atoms with Gasteiger partial charge in [0.25, 0.3) is 0 Å². The Morgan fingerprint density at radius 2 is 2.50 bits per heavy atom. The van der Waals surface area contributed by atoms with E-state index in [0.29, 0.717) is 0 Å². The number of pyridine rings is 1. The number of aromatic amines is 1. The van der Waals surface area contributed by atoms with Crippen LogP contribution in [0.2, 0.25) is 0 Å². The van der Waals surface area contributed by atoms with Crippen LogP contribution in [-0.4, -0.2) is 6.54 Å². The molecular weight excluding hydrogens is 124 g/mol. The second kappa shape index (κ2) is 2.14. The summed E-state index contributed by atoms with van der Waals surface area (Å²) in [6.07, 6.45) is 6.09. The van der Waals surface area contributed by atoms with Gasteiger partial charge in [-0.05, 0) is 6.07 Å². The summed E-state index contributed by atoms with van der Waals surface area (Å²) in [5.41, 5.74) is 0. The Morgan fingerprint density at radius 3 is 3.40 bits per heavy atom. The van der Waals surface area contributed by atoms with Gasteiger partial charge in [-0.25, -0.2) is 4.98 Å². The Hall–Kier alpha value is -1.31. The molecule has 2 N–H and O–H groups in total. The van der Waals surface area contributed by atoms with Crippen molar-refractivity contribution >= 4 is 12.3 Å². The van der Waals surface area contributed by atoms with Gasteiger partial charge in [-0.15, -0.1) is 0 Å². The zero-order chi connectivity index (χ0) is 6.81. The van der Waals surface area contributed by atoms with E-state index in [1.165, 1.54) is 10.6 Å². The Balaban J connectivity index is 2.84. The topological polar surface area (TPSA) is 26.2 Å². The summed E-state index contributed by atoms with van der Waals surface area (Å²) in [6.45, 7) is 0.924. The maximum Gasteiger partial charge on any atom is 0.209 e. The highest BCUT2D eigenvalue weighted by Crippen LogP contribution is 1.68. The summed E-state index contributed by atoms with van der Waals surface area (Å²) < 4.78 is 0. The van der Waals surface area contributed by atoms with Gasteiger partial charge < -0.3 is 5.32 Å². The first kappa shape index (κ1) is 5.47. The van der Waals surface area contributed by atoms with Crippen molar-refractivity contribution in [1.82, 2.24) is 5.32 Å². The van der Waals surface area contributed by atoms with Crippen molar-refractivity contribution in [2.75, 3.05) is 6.54 Å². The molecule has 0 saturated carbocycles. The van der Waals surface area contributed by atoms with E-state index < -0.39 is 0 Å². The first-order valence-electron chi connectivity index (χ1n) is 3.37. The van der Waals surface area contributed by atoms with Crippen LogP contribution in [0.3, 0.4) is 0 Å². The van der Waals surface area contributed by atoms with E-state index in [1.807, 2.05) is 18.5 Å². The molecule has 0 atom stereocenters. The predicted molar refractivity (Wildman–Crippen MR) is 39.2 cm³/mol. The number of fused-ring (bicyclic) bond motifs is 1. The van der Waals surface area contributed by atoms with Gasteiger partial charge in [-0.1, -0.05) is 0 Å². The quantitative estimate of drug-likeness (QED) is 0.464. The Labute approximate surface area is 58.9 Å². The van der Waals surface area contributed by atoms with Gasteiger partial charge in [0.2, 0.25) is 5.35 Å². The van der Waals surface area contributed by atoms with E-state index in [2.05, 4.69) is 22.4 Å². The van der Waals surface area contributed by atoms with Crippen molar-refractivity contribution in [3.8, 4) is 0 Å². The normalized spacial score (nSPS) is 14.0. The number of H-pyrrole nitrogens is 1. The average Bonchev–Trinajstić information content (AvgIpc) is 2.05. The van der Waals surface area contributed by atoms with Crippen LogP contribution in [0, 0.1) is 0 Å². The van der Waals surface area contributed by atoms with Gasteiger partial charge in [0, 0.05) is 24.9 Å². The van der Waals surface area contributed by atoms with E-state index in [0.717, 1.165) is 6.54 Å². The van der Waals surface area contributed by atoms with Crippen molar-refractivity contribution in [2.45, 2.75) is 0 Å². The SMILES string of the molecule is C1=c2ccc[nH+]c2=CCN1. The van der Waals surface area contributed by atoms with E-state index in [4.69, 9.17) is 0 Å². The zero-order valence-electron chi connectivity index (χ0n) is 5.59. The second-order valence-corrected chi connectivity index (χ2v) is 2.30. The van der Waals surface area contributed by atoms with Crippen LogP contribution in [-0.2, 0) is 0 Å². The van der Waals surface area contributed by atoms with Crippen LogP contribution >= 0.6 is 0 Å². The average molecular weight is 133 g/mol. The third-order valence-corrected chi connectivity index (χ3v) is 1.60. The maximum atomic E-state index is 3.16. The molecule has 10 heavy (non-hydrogen) atoms. The number of aromatic nitrogens is 1. The van der Waals surface area contributed by atoms with E-state index >= 15 is 0 Å². The van der Waals surface area contributed by atoms with Gasteiger partial charge in [0.15, 0.2) is 6.20 Å². The van der Waals surface area contributed by atoms with Crippen LogP contribution in [0.25, 0.3) is 12.3 Å². The third-order valence-electron chi connectivity index (χ3n) is 1.60. The molecule has 0 fully saturated rings. The lowest BCUT2D eigenvalue weighted by atomic mass is 10.3. The molecule has 0 unspecified atom stereocenters. The number of hydrogen-bond donors (Lipinski definition) is 1. The molecule has 1 aromatic heterocycles. The molecule has 0 amide bonds. The molecule has 1 aromatic rings. The molecule has 50 valence electrons. The highest BCUT2D eigenvalue weighted by atomic mass is 14.8. The van der Waals surface area contributed by atoms with Crippen molar-refractivity contribution in [1.29, 1.82) is 0 Å². The van der Waals surface area contributed by atoms with Gasteiger partial charge in [-0.2, -0.15) is 0 Å². The second-order valence-electron chi connectivity index (χ2n) is 2.30. The minimum Gasteiger partial charge on any atom is -0.386 e. The molecule has 2 heterocycles. The molecule has 0 radical (unpaired) electrons. The standard InChI is InChI=1S/C8H8N2/c1-2-7-6-9-5-3-8(7)10-4-1/h1-4,6,9H,5H2/p+1. The summed E-state index contributed by atoms with van der Waals surface area (Å²) >= 11 is 0. The first-order chi connectivity index (χ1) is 4.97. The van der Waals surface area contributed by atoms with Crippen molar-refractivity contribution in [2.24, 2.45) is 0 Å². The largest absolute Gasteiger partial charge is 0.386 e. The summed E-state index contributed by atoms with van der Waals surface area (Å²) in [6, 6.07) is 4.07. The maximum absolute atomic E-state index is 3.16. The summed E-state index contributed by atoms with van der Waals surface area (Å²) in [5, 5.41) is 5.58. The molecule has 2 nitrogen and oxygen atoms in total. The predicted octanol–water partition coefficient (Wildman–Crippen LogP) is -1.38. The lowest BCUT2D eigenvalue weighted by Gasteiger charge is -1.96. The van der Waals surface area contributed by atoms with Crippen LogP contribution in [0.4, 0.5) is 0 Å². The lowest BCUT2D eigenvalue weighted by Crippen LogP contribution is -2.44. The number of rotatable bonds is 0. The fourth-order valence-corrected chi connectivity index (χ4v) is 1.10. The van der Waals surface area contributed by atoms with Crippen LogP contribution in [0.5, 0.6) is 0 Å².